The molecule has 1 N–H and O–H groups in total. The highest BCUT2D eigenvalue weighted by atomic mass is 79.9. The first-order valence-corrected chi connectivity index (χ1v) is 7.70. The first kappa shape index (κ1) is 15.2. The number of anilines is 1. The second kappa shape index (κ2) is 6.06. The van der Waals surface area contributed by atoms with Crippen molar-refractivity contribution in [3.8, 4) is 0 Å². The third-order valence-electron chi connectivity index (χ3n) is 2.43. The standard InChI is InChI=1S/C11H9Br2N3O3S/c1-16-8(11(18)19-2)6(4-14-16)15-10(17)7-3-5(12)9(13)20-7/h3-4H,1-2H3,(H,15,17). The number of ether oxygens (including phenoxy) is 1. The number of methoxy groups -OCH3 is 1. The summed E-state index contributed by atoms with van der Waals surface area (Å²) in [6, 6.07) is 1.69. The average molecular weight is 423 g/mol. The second-order valence-electron chi connectivity index (χ2n) is 3.71. The van der Waals surface area contributed by atoms with Crippen LogP contribution in [0.15, 0.2) is 20.5 Å². The van der Waals surface area contributed by atoms with Crippen molar-refractivity contribution >= 4 is 60.8 Å². The molecule has 20 heavy (non-hydrogen) atoms. The fourth-order valence-electron chi connectivity index (χ4n) is 1.51. The molecule has 0 aliphatic carbocycles. The maximum atomic E-state index is 12.1. The van der Waals surface area contributed by atoms with Gasteiger partial charge in [-0.3, -0.25) is 9.48 Å². The maximum absolute atomic E-state index is 12.1. The number of carbonyl (C=O) groups is 2. The molecule has 0 saturated heterocycles. The van der Waals surface area contributed by atoms with Crippen LogP contribution in [0.4, 0.5) is 5.69 Å². The molecule has 0 fully saturated rings. The number of aromatic nitrogens is 2. The third kappa shape index (κ3) is 2.94. The van der Waals surface area contributed by atoms with Crippen LogP contribution in [-0.2, 0) is 11.8 Å². The number of aryl methyl sites for hydroxylation is 1. The zero-order valence-electron chi connectivity index (χ0n) is 10.4. The van der Waals surface area contributed by atoms with E-state index in [9.17, 15) is 9.59 Å². The van der Waals surface area contributed by atoms with Gasteiger partial charge in [0.2, 0.25) is 0 Å². The summed E-state index contributed by atoms with van der Waals surface area (Å²) < 4.78 is 7.63. The molecule has 2 rings (SSSR count). The molecule has 9 heteroatoms. The lowest BCUT2D eigenvalue weighted by molar-refractivity contribution is 0.0589. The number of nitrogens with one attached hydrogen (secondary N) is 1. The summed E-state index contributed by atoms with van der Waals surface area (Å²) in [7, 11) is 2.87. The van der Waals surface area contributed by atoms with Crippen LogP contribution >= 0.6 is 43.2 Å². The molecule has 0 atom stereocenters. The van der Waals surface area contributed by atoms with E-state index in [1.807, 2.05) is 0 Å². The molecule has 2 heterocycles. The van der Waals surface area contributed by atoms with Crippen LogP contribution in [0.2, 0.25) is 0 Å². The third-order valence-corrected chi connectivity index (χ3v) is 5.69. The van der Waals surface area contributed by atoms with Crippen LogP contribution in [-0.4, -0.2) is 28.8 Å². The van der Waals surface area contributed by atoms with Gasteiger partial charge >= 0.3 is 5.97 Å². The lowest BCUT2D eigenvalue weighted by atomic mass is 10.3. The van der Waals surface area contributed by atoms with Gasteiger partial charge in [0.05, 0.1) is 27.7 Å². The molecule has 0 saturated carbocycles. The van der Waals surface area contributed by atoms with E-state index in [0.717, 1.165) is 8.26 Å². The summed E-state index contributed by atoms with van der Waals surface area (Å²) >= 11 is 7.92. The lowest BCUT2D eigenvalue weighted by Gasteiger charge is -2.05. The fourth-order valence-corrected chi connectivity index (χ4v) is 3.44. The Balaban J connectivity index is 2.26. The van der Waals surface area contributed by atoms with Gasteiger partial charge in [0.1, 0.15) is 0 Å². The highest BCUT2D eigenvalue weighted by Gasteiger charge is 2.20. The highest BCUT2D eigenvalue weighted by molar-refractivity contribution is 9.13. The molecule has 0 bridgehead atoms. The minimum atomic E-state index is -0.561. The number of thiophene rings is 1. The zero-order valence-corrected chi connectivity index (χ0v) is 14.4. The van der Waals surface area contributed by atoms with Gasteiger partial charge in [-0.15, -0.1) is 11.3 Å². The molecule has 0 unspecified atom stereocenters. The van der Waals surface area contributed by atoms with Crippen molar-refractivity contribution in [2.45, 2.75) is 0 Å². The molecule has 2 aromatic heterocycles. The van der Waals surface area contributed by atoms with Crippen molar-refractivity contribution < 1.29 is 14.3 Å². The molecule has 0 spiro atoms. The Morgan fingerprint density at radius 3 is 2.70 bits per heavy atom. The van der Waals surface area contributed by atoms with Crippen LogP contribution < -0.4 is 5.32 Å². The molecular weight excluding hydrogens is 414 g/mol. The highest BCUT2D eigenvalue weighted by Crippen LogP contribution is 2.32. The normalized spacial score (nSPS) is 10.4. The van der Waals surface area contributed by atoms with Crippen molar-refractivity contribution in [3.05, 3.63) is 31.1 Å². The Morgan fingerprint density at radius 2 is 2.15 bits per heavy atom. The summed E-state index contributed by atoms with van der Waals surface area (Å²) in [4.78, 5) is 24.3. The number of hydrogen-bond acceptors (Lipinski definition) is 5. The van der Waals surface area contributed by atoms with Gasteiger partial charge < -0.3 is 10.1 Å². The largest absolute Gasteiger partial charge is 0.464 e. The number of nitrogens with zero attached hydrogens (tertiary/aromatic N) is 2. The lowest BCUT2D eigenvalue weighted by Crippen LogP contribution is -2.15. The van der Waals surface area contributed by atoms with Crippen molar-refractivity contribution in [1.29, 1.82) is 0 Å². The summed E-state index contributed by atoms with van der Waals surface area (Å²) in [5, 5.41) is 6.59. The van der Waals surface area contributed by atoms with Crippen LogP contribution in [0.3, 0.4) is 0 Å². The van der Waals surface area contributed by atoms with Gasteiger partial charge in [-0.05, 0) is 37.9 Å². The van der Waals surface area contributed by atoms with E-state index < -0.39 is 5.97 Å². The van der Waals surface area contributed by atoms with Crippen LogP contribution in [0.5, 0.6) is 0 Å². The smallest absolute Gasteiger partial charge is 0.358 e. The van der Waals surface area contributed by atoms with Crippen molar-refractivity contribution in [2.24, 2.45) is 7.05 Å². The molecule has 2 aromatic rings. The van der Waals surface area contributed by atoms with E-state index in [2.05, 4.69) is 47.0 Å². The minimum absolute atomic E-state index is 0.190. The second-order valence-corrected chi connectivity index (χ2v) is 6.93. The molecule has 0 aliphatic rings. The quantitative estimate of drug-likeness (QED) is 0.771. The Hall–Kier alpha value is -1.19. The van der Waals surface area contributed by atoms with Gasteiger partial charge in [-0.25, -0.2) is 4.79 Å². The number of halogens is 2. The molecular formula is C11H9Br2N3O3S. The number of esters is 1. The molecule has 0 aromatic carbocycles. The fraction of sp³-hybridized carbons (Fsp3) is 0.182. The van der Waals surface area contributed by atoms with Crippen LogP contribution in [0.1, 0.15) is 20.2 Å². The molecule has 106 valence electrons. The maximum Gasteiger partial charge on any atom is 0.358 e. The first-order chi connectivity index (χ1) is 9.43. The monoisotopic (exact) mass is 421 g/mol. The number of amides is 1. The Bertz CT molecular complexity index is 661. The average Bonchev–Trinajstić information content (AvgIpc) is 2.93. The topological polar surface area (TPSA) is 73.2 Å². The van der Waals surface area contributed by atoms with Gasteiger partial charge in [-0.2, -0.15) is 5.10 Å². The number of hydrogen-bond donors (Lipinski definition) is 1. The summed E-state index contributed by atoms with van der Waals surface area (Å²) in [6.07, 6.45) is 1.40. The van der Waals surface area contributed by atoms with E-state index in [1.54, 1.807) is 13.1 Å². The number of rotatable bonds is 3. The molecule has 0 radical (unpaired) electrons. The Labute approximate surface area is 135 Å². The molecule has 1 amide bonds. The van der Waals surface area contributed by atoms with Gasteiger partial charge in [0.15, 0.2) is 5.69 Å². The molecule has 0 aliphatic heterocycles. The predicted molar refractivity (Wildman–Crippen MR) is 82.2 cm³/mol. The minimum Gasteiger partial charge on any atom is -0.464 e. The van der Waals surface area contributed by atoms with E-state index >= 15 is 0 Å². The van der Waals surface area contributed by atoms with E-state index in [1.165, 1.54) is 29.3 Å². The zero-order chi connectivity index (χ0) is 14.9. The summed E-state index contributed by atoms with van der Waals surface area (Å²) in [6.45, 7) is 0. The van der Waals surface area contributed by atoms with Crippen molar-refractivity contribution in [1.82, 2.24) is 9.78 Å². The van der Waals surface area contributed by atoms with Crippen molar-refractivity contribution in [2.75, 3.05) is 12.4 Å². The SMILES string of the molecule is COC(=O)c1c(NC(=O)c2cc(Br)c(Br)s2)cnn1C. The van der Waals surface area contributed by atoms with Crippen LogP contribution in [0, 0.1) is 0 Å². The Kier molecular flexibility index (Phi) is 4.61. The van der Waals surface area contributed by atoms with Gasteiger partial charge in [-0.1, -0.05) is 0 Å². The molecule has 6 nitrogen and oxygen atoms in total. The summed E-state index contributed by atoms with van der Waals surface area (Å²) in [5.41, 5.74) is 0.500. The predicted octanol–water partition coefficient (Wildman–Crippen LogP) is 3.05. The summed E-state index contributed by atoms with van der Waals surface area (Å²) in [5.74, 6) is -0.881. The van der Waals surface area contributed by atoms with Gasteiger partial charge in [0.25, 0.3) is 5.91 Å². The van der Waals surface area contributed by atoms with Crippen LogP contribution in [0.25, 0.3) is 0 Å². The van der Waals surface area contributed by atoms with E-state index in [4.69, 9.17) is 0 Å². The Morgan fingerprint density at radius 1 is 1.45 bits per heavy atom. The van der Waals surface area contributed by atoms with E-state index in [-0.39, 0.29) is 11.6 Å². The van der Waals surface area contributed by atoms with Gasteiger partial charge in [0, 0.05) is 11.5 Å². The van der Waals surface area contributed by atoms with E-state index in [0.29, 0.717) is 10.6 Å². The number of carbonyl (C=O) groups excluding carboxylic acids is 2. The van der Waals surface area contributed by atoms with Crippen molar-refractivity contribution in [3.63, 3.8) is 0 Å². The first-order valence-electron chi connectivity index (χ1n) is 5.30.